The second-order valence-electron chi connectivity index (χ2n) is 7.11. The largest absolute Gasteiger partial charge is 0.459 e. The number of furan rings is 1. The minimum Gasteiger partial charge on any atom is -0.459 e. The van der Waals surface area contributed by atoms with Gasteiger partial charge in [-0.05, 0) is 37.1 Å². The van der Waals surface area contributed by atoms with Gasteiger partial charge >= 0.3 is 0 Å². The van der Waals surface area contributed by atoms with E-state index in [1.165, 1.54) is 17.0 Å². The molecule has 0 atom stereocenters. The predicted molar refractivity (Wildman–Crippen MR) is 112 cm³/mol. The summed E-state index contributed by atoms with van der Waals surface area (Å²) in [7, 11) is 0. The number of carbonyl (C=O) groups is 3. The minimum atomic E-state index is -0.474. The van der Waals surface area contributed by atoms with Crippen LogP contribution in [0, 0.1) is 0 Å². The van der Waals surface area contributed by atoms with Crippen molar-refractivity contribution in [3.63, 3.8) is 0 Å². The smallest absolute Gasteiger partial charge is 0.287 e. The van der Waals surface area contributed by atoms with Crippen molar-refractivity contribution in [3.05, 3.63) is 53.4 Å². The van der Waals surface area contributed by atoms with Crippen LogP contribution in [0.15, 0.2) is 47.1 Å². The van der Waals surface area contributed by atoms with Crippen LogP contribution in [-0.4, -0.2) is 53.8 Å². The highest BCUT2D eigenvalue weighted by atomic mass is 32.1. The van der Waals surface area contributed by atoms with Crippen LogP contribution in [0.2, 0.25) is 0 Å². The molecule has 0 saturated carbocycles. The summed E-state index contributed by atoms with van der Waals surface area (Å²) in [6.07, 6.45) is 3.10. The van der Waals surface area contributed by atoms with Crippen LogP contribution < -0.4 is 10.6 Å². The zero-order valence-electron chi connectivity index (χ0n) is 16.3. The van der Waals surface area contributed by atoms with Gasteiger partial charge in [0.05, 0.1) is 34.6 Å². The fraction of sp³-hybridized carbons (Fsp3) is 0.333. The first-order chi connectivity index (χ1) is 14.6. The first-order valence-corrected chi connectivity index (χ1v) is 10.6. The normalized spacial score (nSPS) is 14.6. The van der Waals surface area contributed by atoms with Gasteiger partial charge in [0.1, 0.15) is 0 Å². The molecule has 1 aliphatic heterocycles. The maximum atomic E-state index is 12.4. The molecule has 3 aromatic rings. The topological polar surface area (TPSA) is 105 Å². The number of rotatable bonds is 6. The number of nitrogens with zero attached hydrogens (tertiary/aromatic N) is 2. The highest BCUT2D eigenvalue weighted by Gasteiger charge is 2.26. The van der Waals surface area contributed by atoms with Gasteiger partial charge in [-0.25, -0.2) is 4.98 Å². The Morgan fingerprint density at radius 3 is 2.60 bits per heavy atom. The standard InChI is InChI=1S/C21H22N4O4S/c26-18(12-23-20(28)16-5-3-11-29-16)22-13-19(27)25-9-7-14(8-10-25)21-24-15-4-1-2-6-17(15)30-21/h1-6,11,14H,7-10,12-13H2,(H,22,26)(H,23,28). The summed E-state index contributed by atoms with van der Waals surface area (Å²) >= 11 is 1.72. The summed E-state index contributed by atoms with van der Waals surface area (Å²) < 4.78 is 6.14. The quantitative estimate of drug-likeness (QED) is 0.628. The van der Waals surface area contributed by atoms with E-state index in [0.717, 1.165) is 23.4 Å². The molecule has 0 radical (unpaired) electrons. The zero-order chi connectivity index (χ0) is 20.9. The average Bonchev–Trinajstić information content (AvgIpc) is 3.46. The second kappa shape index (κ2) is 9.08. The highest BCUT2D eigenvalue weighted by Crippen LogP contribution is 2.33. The van der Waals surface area contributed by atoms with Crippen molar-refractivity contribution in [2.24, 2.45) is 0 Å². The van der Waals surface area contributed by atoms with Crippen molar-refractivity contribution < 1.29 is 18.8 Å². The molecule has 3 heterocycles. The van der Waals surface area contributed by atoms with Crippen LogP contribution in [0.5, 0.6) is 0 Å². The third-order valence-corrected chi connectivity index (χ3v) is 6.30. The second-order valence-corrected chi connectivity index (χ2v) is 8.17. The molecule has 1 aliphatic rings. The molecule has 2 N–H and O–H groups in total. The average molecular weight is 426 g/mol. The van der Waals surface area contributed by atoms with Crippen molar-refractivity contribution in [1.29, 1.82) is 0 Å². The predicted octanol–water partition coefficient (Wildman–Crippen LogP) is 2.14. The summed E-state index contributed by atoms with van der Waals surface area (Å²) in [5, 5.41) is 6.13. The van der Waals surface area contributed by atoms with Crippen LogP contribution in [0.1, 0.15) is 34.3 Å². The molecule has 0 spiro atoms. The third kappa shape index (κ3) is 4.68. The van der Waals surface area contributed by atoms with Crippen LogP contribution >= 0.6 is 11.3 Å². The maximum absolute atomic E-state index is 12.4. The van der Waals surface area contributed by atoms with E-state index in [1.54, 1.807) is 22.3 Å². The lowest BCUT2D eigenvalue weighted by Gasteiger charge is -2.31. The number of hydrogen-bond donors (Lipinski definition) is 2. The Morgan fingerprint density at radius 1 is 1.07 bits per heavy atom. The van der Waals surface area contributed by atoms with Crippen LogP contribution in [0.4, 0.5) is 0 Å². The Labute approximate surface area is 177 Å². The van der Waals surface area contributed by atoms with Crippen molar-refractivity contribution in [1.82, 2.24) is 20.5 Å². The zero-order valence-corrected chi connectivity index (χ0v) is 17.1. The number of carbonyl (C=O) groups excluding carboxylic acids is 3. The third-order valence-electron chi connectivity index (χ3n) is 5.10. The Balaban J connectivity index is 1.19. The molecule has 30 heavy (non-hydrogen) atoms. The summed E-state index contributed by atoms with van der Waals surface area (Å²) in [6, 6.07) is 11.2. The highest BCUT2D eigenvalue weighted by molar-refractivity contribution is 7.18. The van der Waals surface area contributed by atoms with Gasteiger partial charge in [-0.1, -0.05) is 12.1 Å². The van der Waals surface area contributed by atoms with E-state index in [9.17, 15) is 14.4 Å². The fourth-order valence-corrected chi connectivity index (χ4v) is 4.58. The monoisotopic (exact) mass is 426 g/mol. The van der Waals surface area contributed by atoms with E-state index in [1.807, 2.05) is 18.2 Å². The van der Waals surface area contributed by atoms with Gasteiger partial charge in [0.25, 0.3) is 5.91 Å². The van der Waals surface area contributed by atoms with Crippen molar-refractivity contribution in [2.45, 2.75) is 18.8 Å². The van der Waals surface area contributed by atoms with Gasteiger partial charge in [-0.2, -0.15) is 0 Å². The molecule has 1 saturated heterocycles. The molecule has 0 unspecified atom stereocenters. The number of nitrogens with one attached hydrogen (secondary N) is 2. The fourth-order valence-electron chi connectivity index (χ4n) is 3.44. The lowest BCUT2D eigenvalue weighted by Crippen LogP contribution is -2.45. The van der Waals surface area contributed by atoms with Gasteiger partial charge in [0.2, 0.25) is 11.8 Å². The molecule has 9 heteroatoms. The van der Waals surface area contributed by atoms with Gasteiger partial charge in [-0.3, -0.25) is 14.4 Å². The van der Waals surface area contributed by atoms with Crippen LogP contribution in [-0.2, 0) is 9.59 Å². The van der Waals surface area contributed by atoms with Crippen molar-refractivity contribution in [2.75, 3.05) is 26.2 Å². The molecule has 3 amide bonds. The van der Waals surface area contributed by atoms with Crippen LogP contribution in [0.25, 0.3) is 10.2 Å². The summed E-state index contributed by atoms with van der Waals surface area (Å²) in [6.45, 7) is 0.989. The van der Waals surface area contributed by atoms with E-state index in [2.05, 4.69) is 16.7 Å². The molecule has 2 aromatic heterocycles. The number of benzene rings is 1. The molecular formula is C21H22N4O4S. The number of fused-ring (bicyclic) bond motifs is 1. The van der Waals surface area contributed by atoms with E-state index in [4.69, 9.17) is 9.40 Å². The molecule has 4 rings (SSSR count). The van der Waals surface area contributed by atoms with Gasteiger partial charge < -0.3 is 20.0 Å². The van der Waals surface area contributed by atoms with E-state index >= 15 is 0 Å². The van der Waals surface area contributed by atoms with E-state index < -0.39 is 11.8 Å². The maximum Gasteiger partial charge on any atom is 0.287 e. The molecule has 156 valence electrons. The molecule has 8 nitrogen and oxygen atoms in total. The number of thiazole rings is 1. The Kier molecular flexibility index (Phi) is 6.08. The first-order valence-electron chi connectivity index (χ1n) is 9.82. The van der Waals surface area contributed by atoms with E-state index in [-0.39, 0.29) is 24.8 Å². The van der Waals surface area contributed by atoms with Gasteiger partial charge in [-0.15, -0.1) is 11.3 Å². The minimum absolute atomic E-state index is 0.0821. The van der Waals surface area contributed by atoms with Crippen LogP contribution in [0.3, 0.4) is 0 Å². The first kappa shape index (κ1) is 20.1. The summed E-state index contributed by atoms with van der Waals surface area (Å²) in [4.78, 5) is 42.5. The lowest BCUT2D eigenvalue weighted by atomic mass is 9.97. The summed E-state index contributed by atoms with van der Waals surface area (Å²) in [5.41, 5.74) is 1.03. The number of piperidine rings is 1. The Morgan fingerprint density at radius 2 is 1.87 bits per heavy atom. The Bertz CT molecular complexity index is 1010. The number of aromatic nitrogens is 1. The molecule has 1 fully saturated rings. The van der Waals surface area contributed by atoms with Crippen molar-refractivity contribution in [3.8, 4) is 0 Å². The molecule has 0 bridgehead atoms. The number of likely N-dealkylation sites (tertiary alicyclic amines) is 1. The Hall–Kier alpha value is -3.20. The summed E-state index contributed by atoms with van der Waals surface area (Å²) in [5.74, 6) is -0.526. The molecular weight excluding hydrogens is 404 g/mol. The molecule has 1 aromatic carbocycles. The van der Waals surface area contributed by atoms with E-state index in [0.29, 0.717) is 19.0 Å². The lowest BCUT2D eigenvalue weighted by molar-refractivity contribution is -0.133. The van der Waals surface area contributed by atoms with Crippen molar-refractivity contribution >= 4 is 39.3 Å². The van der Waals surface area contributed by atoms with Gasteiger partial charge in [0, 0.05) is 19.0 Å². The van der Waals surface area contributed by atoms with Gasteiger partial charge in [0.15, 0.2) is 5.76 Å². The number of hydrogen-bond acceptors (Lipinski definition) is 6. The number of amides is 3. The SMILES string of the molecule is O=C(CNC(=O)c1ccco1)NCC(=O)N1CCC(c2nc3ccccc3s2)CC1. The number of para-hydroxylation sites is 1. The molecule has 0 aliphatic carbocycles.